The maximum atomic E-state index is 12.9. The fraction of sp³-hybridized carbons (Fsp3) is 0.750. The van der Waals surface area contributed by atoms with Gasteiger partial charge in [-0.15, -0.1) is 0 Å². The van der Waals surface area contributed by atoms with Crippen LogP contribution in [0.5, 0.6) is 0 Å². The number of carbonyl (C=O) groups is 1. The molecule has 2 heterocycles. The molecule has 1 saturated carbocycles. The van der Waals surface area contributed by atoms with Crippen LogP contribution in [-0.2, 0) is 22.8 Å². The number of fused-ring (bicyclic) bond motifs is 1. The van der Waals surface area contributed by atoms with E-state index in [1.165, 1.54) is 6.26 Å². The van der Waals surface area contributed by atoms with Crippen molar-refractivity contribution >= 4 is 15.7 Å². The van der Waals surface area contributed by atoms with Crippen molar-refractivity contribution < 1.29 is 13.2 Å². The molecule has 0 spiro atoms. The van der Waals surface area contributed by atoms with E-state index in [1.807, 2.05) is 4.68 Å². The van der Waals surface area contributed by atoms with E-state index in [1.54, 1.807) is 18.1 Å². The van der Waals surface area contributed by atoms with Crippen LogP contribution in [0, 0.1) is 0 Å². The average Bonchev–Trinajstić information content (AvgIpc) is 2.96. The summed E-state index contributed by atoms with van der Waals surface area (Å²) in [5.41, 5.74) is 1.64. The second-order valence-electron chi connectivity index (χ2n) is 6.82. The number of aryl methyl sites for hydroxylation is 1. The molecular formula is C16H25N3O3S. The van der Waals surface area contributed by atoms with Crippen LogP contribution in [0.4, 0.5) is 0 Å². The Bertz CT molecular complexity index is 695. The number of sulfone groups is 1. The number of hydrogen-bond donors (Lipinski definition) is 0. The molecule has 1 fully saturated rings. The van der Waals surface area contributed by atoms with Gasteiger partial charge in [0.2, 0.25) is 0 Å². The molecule has 0 bridgehead atoms. The van der Waals surface area contributed by atoms with Crippen molar-refractivity contribution in [3.05, 3.63) is 17.5 Å². The minimum atomic E-state index is -3.15. The molecule has 2 atom stereocenters. The molecule has 7 heteroatoms. The topological polar surface area (TPSA) is 72.3 Å². The van der Waals surface area contributed by atoms with Gasteiger partial charge < -0.3 is 4.90 Å². The van der Waals surface area contributed by atoms with Crippen molar-refractivity contribution in [1.82, 2.24) is 14.7 Å². The van der Waals surface area contributed by atoms with Gasteiger partial charge in [0.1, 0.15) is 0 Å². The molecule has 1 aliphatic carbocycles. The summed E-state index contributed by atoms with van der Waals surface area (Å²) < 4.78 is 26.1. The third-order valence-corrected chi connectivity index (χ3v) is 6.90. The smallest absolute Gasteiger partial charge is 0.257 e. The largest absolute Gasteiger partial charge is 0.337 e. The van der Waals surface area contributed by atoms with Crippen molar-refractivity contribution in [2.75, 3.05) is 13.3 Å². The van der Waals surface area contributed by atoms with E-state index in [9.17, 15) is 13.2 Å². The Morgan fingerprint density at radius 1 is 1.26 bits per heavy atom. The minimum absolute atomic E-state index is 0.0892. The van der Waals surface area contributed by atoms with Gasteiger partial charge in [0.25, 0.3) is 5.91 Å². The normalized spacial score (nSPS) is 25.0. The van der Waals surface area contributed by atoms with E-state index in [-0.39, 0.29) is 11.9 Å². The van der Waals surface area contributed by atoms with Crippen LogP contribution in [0.2, 0.25) is 0 Å². The van der Waals surface area contributed by atoms with E-state index in [4.69, 9.17) is 0 Å². The van der Waals surface area contributed by atoms with Gasteiger partial charge in [0.15, 0.2) is 9.84 Å². The van der Waals surface area contributed by atoms with Gasteiger partial charge in [0, 0.05) is 25.9 Å². The van der Waals surface area contributed by atoms with E-state index in [2.05, 4.69) is 5.10 Å². The van der Waals surface area contributed by atoms with Crippen LogP contribution in [0.3, 0.4) is 0 Å². The third-order valence-electron chi connectivity index (χ3n) is 5.25. The molecule has 0 aromatic carbocycles. The molecule has 1 aromatic rings. The van der Waals surface area contributed by atoms with Crippen molar-refractivity contribution in [3.8, 4) is 0 Å². The van der Waals surface area contributed by atoms with E-state index >= 15 is 0 Å². The van der Waals surface area contributed by atoms with E-state index in [0.29, 0.717) is 12.0 Å². The number of aromatic nitrogens is 2. The zero-order valence-corrected chi connectivity index (χ0v) is 14.7. The Morgan fingerprint density at radius 3 is 2.74 bits per heavy atom. The van der Waals surface area contributed by atoms with Crippen LogP contribution < -0.4 is 0 Å². The van der Waals surface area contributed by atoms with Gasteiger partial charge in [-0.1, -0.05) is 12.8 Å². The first-order chi connectivity index (χ1) is 10.9. The maximum absolute atomic E-state index is 12.9. The molecule has 0 unspecified atom stereocenters. The number of amides is 1. The van der Waals surface area contributed by atoms with Gasteiger partial charge >= 0.3 is 0 Å². The first-order valence-electron chi connectivity index (χ1n) is 8.40. The van der Waals surface area contributed by atoms with Crippen molar-refractivity contribution in [2.24, 2.45) is 0 Å². The predicted molar refractivity (Wildman–Crippen MR) is 88.1 cm³/mol. The standard InChI is InChI=1S/C16H25N3O3S/c1-18(14-8-3-4-9-15(14)23(2,21)22)16(20)12-11-17-19-10-6-5-7-13(12)19/h11,14-15H,3-10H2,1-2H3/t14-,15-/m1/s1. The monoisotopic (exact) mass is 339 g/mol. The van der Waals surface area contributed by atoms with Gasteiger partial charge in [-0.2, -0.15) is 5.10 Å². The van der Waals surface area contributed by atoms with E-state index in [0.717, 1.165) is 50.8 Å². The second kappa shape index (κ2) is 6.26. The zero-order chi connectivity index (χ0) is 16.6. The Kier molecular flexibility index (Phi) is 4.49. The molecule has 1 amide bonds. The van der Waals surface area contributed by atoms with Crippen LogP contribution in [-0.4, -0.2) is 53.6 Å². The molecule has 1 aromatic heterocycles. The van der Waals surface area contributed by atoms with Crippen molar-refractivity contribution in [3.63, 3.8) is 0 Å². The summed E-state index contributed by atoms with van der Waals surface area (Å²) in [5.74, 6) is -0.0892. The van der Waals surface area contributed by atoms with Gasteiger partial charge in [-0.3, -0.25) is 9.48 Å². The average molecular weight is 339 g/mol. The molecular weight excluding hydrogens is 314 g/mol. The maximum Gasteiger partial charge on any atom is 0.257 e. The fourth-order valence-electron chi connectivity index (χ4n) is 3.96. The highest BCUT2D eigenvalue weighted by Crippen LogP contribution is 2.29. The summed E-state index contributed by atoms with van der Waals surface area (Å²) in [6.45, 7) is 0.863. The highest BCUT2D eigenvalue weighted by molar-refractivity contribution is 7.91. The summed E-state index contributed by atoms with van der Waals surface area (Å²) in [6, 6.07) is -0.231. The van der Waals surface area contributed by atoms with Gasteiger partial charge in [-0.05, 0) is 32.1 Å². The number of nitrogens with zero attached hydrogens (tertiary/aromatic N) is 3. The lowest BCUT2D eigenvalue weighted by atomic mass is 9.93. The van der Waals surface area contributed by atoms with Crippen molar-refractivity contribution in [2.45, 2.75) is 62.8 Å². The lowest BCUT2D eigenvalue weighted by molar-refractivity contribution is 0.0698. The predicted octanol–water partition coefficient (Wildman–Crippen LogP) is 1.65. The third kappa shape index (κ3) is 3.16. The van der Waals surface area contributed by atoms with Crippen LogP contribution in [0.15, 0.2) is 6.20 Å². The lowest BCUT2D eigenvalue weighted by Gasteiger charge is -2.37. The Labute approximate surface area is 137 Å². The molecule has 0 radical (unpaired) electrons. The summed E-state index contributed by atoms with van der Waals surface area (Å²) in [4.78, 5) is 14.6. The molecule has 3 rings (SSSR count). The Hall–Kier alpha value is -1.37. The first-order valence-corrected chi connectivity index (χ1v) is 10.4. The SMILES string of the molecule is CN(C(=O)c1cnn2c1CCCC2)[C@@H]1CCCC[C@H]1S(C)(=O)=O. The highest BCUT2D eigenvalue weighted by atomic mass is 32.2. The molecule has 0 N–H and O–H groups in total. The van der Waals surface area contributed by atoms with E-state index < -0.39 is 15.1 Å². The summed E-state index contributed by atoms with van der Waals surface area (Å²) in [5, 5.41) is 3.88. The molecule has 6 nitrogen and oxygen atoms in total. The second-order valence-corrected chi connectivity index (χ2v) is 9.09. The number of hydrogen-bond acceptors (Lipinski definition) is 4. The molecule has 1 aliphatic heterocycles. The van der Waals surface area contributed by atoms with Crippen LogP contribution >= 0.6 is 0 Å². The highest BCUT2D eigenvalue weighted by Gasteiger charge is 2.38. The van der Waals surface area contributed by atoms with Crippen LogP contribution in [0.1, 0.15) is 54.6 Å². The number of carbonyl (C=O) groups excluding carboxylic acids is 1. The summed E-state index contributed by atoms with van der Waals surface area (Å²) >= 11 is 0. The van der Waals surface area contributed by atoms with Crippen LogP contribution in [0.25, 0.3) is 0 Å². The number of rotatable bonds is 3. The quantitative estimate of drug-likeness (QED) is 0.839. The van der Waals surface area contributed by atoms with Gasteiger partial charge in [0.05, 0.1) is 22.7 Å². The molecule has 0 saturated heterocycles. The first kappa shape index (κ1) is 16.5. The molecule has 128 valence electrons. The molecule has 2 aliphatic rings. The van der Waals surface area contributed by atoms with Crippen molar-refractivity contribution in [1.29, 1.82) is 0 Å². The Balaban J connectivity index is 1.85. The van der Waals surface area contributed by atoms with Gasteiger partial charge in [-0.25, -0.2) is 8.42 Å². The molecule has 23 heavy (non-hydrogen) atoms. The minimum Gasteiger partial charge on any atom is -0.337 e. The summed E-state index contributed by atoms with van der Waals surface area (Å²) in [6.07, 6.45) is 9.27. The Morgan fingerprint density at radius 2 is 2.00 bits per heavy atom. The lowest BCUT2D eigenvalue weighted by Crippen LogP contribution is -2.49. The summed E-state index contributed by atoms with van der Waals surface area (Å²) in [7, 11) is -1.41. The zero-order valence-electron chi connectivity index (χ0n) is 13.9. The fourth-order valence-corrected chi connectivity index (χ4v) is 5.44.